The molecule has 1 saturated carbocycles. The van der Waals surface area contributed by atoms with Gasteiger partial charge in [0.25, 0.3) is 0 Å². The first-order valence-electron chi connectivity index (χ1n) is 10.3. The van der Waals surface area contributed by atoms with Gasteiger partial charge in [-0.3, -0.25) is 9.89 Å². The molecule has 0 amide bonds. The van der Waals surface area contributed by atoms with E-state index in [1.807, 2.05) is 6.07 Å². The molecule has 0 radical (unpaired) electrons. The van der Waals surface area contributed by atoms with Crippen molar-refractivity contribution in [3.05, 3.63) is 29.8 Å². The molecule has 1 aromatic rings. The molecule has 5 heteroatoms. The van der Waals surface area contributed by atoms with Crippen LogP contribution in [0.3, 0.4) is 0 Å². The second-order valence-corrected chi connectivity index (χ2v) is 7.95. The van der Waals surface area contributed by atoms with E-state index in [2.05, 4.69) is 47.6 Å². The molecular weight excluding hydrogens is 324 g/mol. The number of ether oxygens (including phenoxy) is 1. The standard InChI is InChI=1S/C21H32N4O/c1-3-22-21(24-17-12-15(2)25(14-17)18-8-9-18)23-13-16-10-11-26-20-7-5-4-6-19(16)20/h4-7,15-18H,3,8-14H2,1-2H3,(H2,22,23,24). The second-order valence-electron chi connectivity index (χ2n) is 7.95. The van der Waals surface area contributed by atoms with Gasteiger partial charge >= 0.3 is 0 Å². The van der Waals surface area contributed by atoms with Crippen molar-refractivity contribution >= 4 is 5.96 Å². The summed E-state index contributed by atoms with van der Waals surface area (Å²) >= 11 is 0. The summed E-state index contributed by atoms with van der Waals surface area (Å²) in [4.78, 5) is 7.61. The Hall–Kier alpha value is -1.75. The van der Waals surface area contributed by atoms with Crippen LogP contribution in [0.1, 0.15) is 51.0 Å². The van der Waals surface area contributed by atoms with Crippen LogP contribution in [0.25, 0.3) is 0 Å². The van der Waals surface area contributed by atoms with Crippen molar-refractivity contribution in [1.29, 1.82) is 0 Å². The Labute approximate surface area is 157 Å². The molecule has 3 aliphatic rings. The van der Waals surface area contributed by atoms with Crippen LogP contribution < -0.4 is 15.4 Å². The number of rotatable bonds is 5. The Balaban J connectivity index is 1.39. The fourth-order valence-electron chi connectivity index (χ4n) is 4.40. The van der Waals surface area contributed by atoms with E-state index in [4.69, 9.17) is 9.73 Å². The Morgan fingerprint density at radius 3 is 2.92 bits per heavy atom. The Kier molecular flexibility index (Phi) is 5.34. The lowest BCUT2D eigenvalue weighted by Crippen LogP contribution is -2.45. The van der Waals surface area contributed by atoms with Crippen molar-refractivity contribution in [2.45, 2.75) is 63.6 Å². The van der Waals surface area contributed by atoms with Gasteiger partial charge in [0.2, 0.25) is 0 Å². The quantitative estimate of drug-likeness (QED) is 0.629. The van der Waals surface area contributed by atoms with E-state index in [1.165, 1.54) is 24.8 Å². The number of guanidine groups is 1. The summed E-state index contributed by atoms with van der Waals surface area (Å²) in [6.07, 6.45) is 5.01. The summed E-state index contributed by atoms with van der Waals surface area (Å²) in [6.45, 7) is 8.14. The number of benzene rings is 1. The molecule has 2 heterocycles. The van der Waals surface area contributed by atoms with Crippen LogP contribution >= 0.6 is 0 Å². The zero-order valence-corrected chi connectivity index (χ0v) is 16.1. The van der Waals surface area contributed by atoms with Crippen LogP contribution in [0.5, 0.6) is 5.75 Å². The van der Waals surface area contributed by atoms with Crippen LogP contribution in [0.4, 0.5) is 0 Å². The maximum Gasteiger partial charge on any atom is 0.191 e. The van der Waals surface area contributed by atoms with E-state index < -0.39 is 0 Å². The smallest absolute Gasteiger partial charge is 0.191 e. The lowest BCUT2D eigenvalue weighted by atomic mass is 9.93. The molecule has 1 saturated heterocycles. The van der Waals surface area contributed by atoms with Crippen LogP contribution in [0.15, 0.2) is 29.3 Å². The van der Waals surface area contributed by atoms with E-state index >= 15 is 0 Å². The summed E-state index contributed by atoms with van der Waals surface area (Å²) in [5.41, 5.74) is 1.30. The van der Waals surface area contributed by atoms with E-state index in [0.29, 0.717) is 18.0 Å². The maximum absolute atomic E-state index is 5.78. The van der Waals surface area contributed by atoms with Crippen molar-refractivity contribution in [3.63, 3.8) is 0 Å². The third kappa shape index (κ3) is 3.98. The van der Waals surface area contributed by atoms with Gasteiger partial charge in [0.1, 0.15) is 5.75 Å². The van der Waals surface area contributed by atoms with Crippen LogP contribution in [-0.4, -0.2) is 55.2 Å². The Morgan fingerprint density at radius 2 is 2.12 bits per heavy atom. The summed E-state index contributed by atoms with van der Waals surface area (Å²) in [6, 6.07) is 10.4. The van der Waals surface area contributed by atoms with E-state index in [0.717, 1.165) is 50.4 Å². The molecule has 142 valence electrons. The highest BCUT2D eigenvalue weighted by atomic mass is 16.5. The number of likely N-dealkylation sites (tertiary alicyclic amines) is 1. The van der Waals surface area contributed by atoms with E-state index in [1.54, 1.807) is 0 Å². The van der Waals surface area contributed by atoms with Gasteiger partial charge < -0.3 is 15.4 Å². The average molecular weight is 357 g/mol. The van der Waals surface area contributed by atoms with E-state index in [-0.39, 0.29) is 0 Å². The SMILES string of the molecule is CCNC(=NCC1CCOc2ccccc21)NC1CC(C)N(C2CC2)C1. The summed E-state index contributed by atoms with van der Waals surface area (Å²) in [5.74, 6) is 2.44. The molecule has 2 N–H and O–H groups in total. The van der Waals surface area contributed by atoms with Gasteiger partial charge in [-0.25, -0.2) is 0 Å². The van der Waals surface area contributed by atoms with Gasteiger partial charge in [0.15, 0.2) is 5.96 Å². The molecule has 0 spiro atoms. The number of para-hydroxylation sites is 1. The van der Waals surface area contributed by atoms with Crippen molar-refractivity contribution in [2.24, 2.45) is 4.99 Å². The summed E-state index contributed by atoms with van der Waals surface area (Å²) in [5, 5.41) is 7.13. The zero-order chi connectivity index (χ0) is 17.9. The average Bonchev–Trinajstić information content (AvgIpc) is 3.43. The summed E-state index contributed by atoms with van der Waals surface area (Å²) < 4.78 is 5.78. The van der Waals surface area contributed by atoms with Gasteiger partial charge in [-0.1, -0.05) is 18.2 Å². The minimum absolute atomic E-state index is 0.445. The largest absolute Gasteiger partial charge is 0.493 e. The number of aliphatic imine (C=N–C) groups is 1. The number of fused-ring (bicyclic) bond motifs is 1. The highest BCUT2D eigenvalue weighted by Gasteiger charge is 2.38. The third-order valence-electron chi connectivity index (χ3n) is 5.88. The lowest BCUT2D eigenvalue weighted by Gasteiger charge is -2.25. The Morgan fingerprint density at radius 1 is 1.27 bits per heavy atom. The van der Waals surface area contributed by atoms with Gasteiger partial charge in [-0.2, -0.15) is 0 Å². The molecule has 5 nitrogen and oxygen atoms in total. The topological polar surface area (TPSA) is 48.9 Å². The van der Waals surface area contributed by atoms with Crippen molar-refractivity contribution in [3.8, 4) is 5.75 Å². The van der Waals surface area contributed by atoms with Crippen molar-refractivity contribution < 1.29 is 4.74 Å². The maximum atomic E-state index is 5.78. The van der Waals surface area contributed by atoms with Gasteiger partial charge in [-0.15, -0.1) is 0 Å². The van der Waals surface area contributed by atoms with Crippen molar-refractivity contribution in [2.75, 3.05) is 26.2 Å². The first-order valence-corrected chi connectivity index (χ1v) is 10.3. The molecule has 4 rings (SSSR count). The third-order valence-corrected chi connectivity index (χ3v) is 5.88. The molecule has 2 aliphatic heterocycles. The zero-order valence-electron chi connectivity index (χ0n) is 16.1. The number of nitrogens with one attached hydrogen (secondary N) is 2. The van der Waals surface area contributed by atoms with Crippen LogP contribution in [0, 0.1) is 0 Å². The van der Waals surface area contributed by atoms with Gasteiger partial charge in [0.05, 0.1) is 6.61 Å². The summed E-state index contributed by atoms with van der Waals surface area (Å²) in [7, 11) is 0. The molecule has 2 fully saturated rings. The molecule has 1 aromatic carbocycles. The minimum Gasteiger partial charge on any atom is -0.493 e. The fraction of sp³-hybridized carbons (Fsp3) is 0.667. The van der Waals surface area contributed by atoms with E-state index in [9.17, 15) is 0 Å². The van der Waals surface area contributed by atoms with Gasteiger partial charge in [0, 0.05) is 43.7 Å². The number of hydrogen-bond donors (Lipinski definition) is 2. The number of hydrogen-bond acceptors (Lipinski definition) is 3. The Bertz CT molecular complexity index is 643. The first kappa shape index (κ1) is 17.7. The molecular formula is C21H32N4O. The molecule has 3 unspecified atom stereocenters. The molecule has 26 heavy (non-hydrogen) atoms. The normalized spacial score (nSPS) is 29.2. The van der Waals surface area contributed by atoms with Gasteiger partial charge in [-0.05, 0) is 51.2 Å². The predicted molar refractivity (Wildman–Crippen MR) is 106 cm³/mol. The molecule has 0 bridgehead atoms. The highest BCUT2D eigenvalue weighted by molar-refractivity contribution is 5.80. The first-order chi connectivity index (χ1) is 12.7. The monoisotopic (exact) mass is 356 g/mol. The lowest BCUT2D eigenvalue weighted by molar-refractivity contribution is 0.256. The van der Waals surface area contributed by atoms with Crippen molar-refractivity contribution in [1.82, 2.24) is 15.5 Å². The molecule has 0 aromatic heterocycles. The predicted octanol–water partition coefficient (Wildman–Crippen LogP) is 2.73. The van der Waals surface area contributed by atoms with Crippen LogP contribution in [0.2, 0.25) is 0 Å². The second kappa shape index (κ2) is 7.87. The highest BCUT2D eigenvalue weighted by Crippen LogP contribution is 2.34. The molecule has 3 atom stereocenters. The number of nitrogens with zero attached hydrogens (tertiary/aromatic N) is 2. The fourth-order valence-corrected chi connectivity index (χ4v) is 4.40. The molecule has 1 aliphatic carbocycles. The minimum atomic E-state index is 0.445. The van der Waals surface area contributed by atoms with Crippen LogP contribution in [-0.2, 0) is 0 Å².